The van der Waals surface area contributed by atoms with Crippen LogP contribution in [0.3, 0.4) is 0 Å². The second kappa shape index (κ2) is 11.2. The number of aromatic nitrogens is 2. The number of fused-ring (bicyclic) bond motifs is 1. The summed E-state index contributed by atoms with van der Waals surface area (Å²) in [5, 5.41) is 0.142. The SMILES string of the molecule is C[C@H]1CN(C(=O)OC(C)(C)C)CCCN1c1cc(Cl)nc(C(=O)C2CCC[C@@]3(CCCCC34OCCO4)C2=O)n1. The van der Waals surface area contributed by atoms with Crippen LogP contribution in [0.1, 0.15) is 89.7 Å². The van der Waals surface area contributed by atoms with Crippen molar-refractivity contribution in [1.82, 2.24) is 14.9 Å². The number of anilines is 1. The van der Waals surface area contributed by atoms with Gasteiger partial charge in [0.1, 0.15) is 16.6 Å². The maximum Gasteiger partial charge on any atom is 0.410 e. The molecule has 3 heterocycles. The number of hydrogen-bond donors (Lipinski definition) is 0. The van der Waals surface area contributed by atoms with Crippen LogP contribution in [0.4, 0.5) is 10.6 Å². The van der Waals surface area contributed by atoms with Gasteiger partial charge in [-0.15, -0.1) is 0 Å². The van der Waals surface area contributed by atoms with Crippen LogP contribution in [-0.2, 0) is 19.0 Å². The molecule has 4 aliphatic rings. The highest BCUT2D eigenvalue weighted by molar-refractivity contribution is 6.29. The Kier molecular flexibility index (Phi) is 8.16. The molecule has 10 nitrogen and oxygen atoms in total. The number of amides is 1. The molecule has 2 saturated carbocycles. The summed E-state index contributed by atoms with van der Waals surface area (Å²) < 4.78 is 17.8. The molecule has 5 rings (SSSR count). The number of Topliss-reactive ketones (excluding diaryl/α,β-unsaturated/α-hetero) is 2. The third-order valence-corrected chi connectivity index (χ3v) is 8.93. The molecule has 0 N–H and O–H groups in total. The van der Waals surface area contributed by atoms with Crippen LogP contribution in [-0.4, -0.2) is 82.8 Å². The lowest BCUT2D eigenvalue weighted by atomic mass is 9.57. The van der Waals surface area contributed by atoms with E-state index < -0.39 is 28.5 Å². The molecule has 220 valence electrons. The second-order valence-corrected chi connectivity index (χ2v) is 13.0. The first-order chi connectivity index (χ1) is 18.9. The lowest BCUT2D eigenvalue weighted by Gasteiger charge is -2.51. The third-order valence-electron chi connectivity index (χ3n) is 8.73. The van der Waals surface area contributed by atoms with E-state index in [-0.39, 0.29) is 28.9 Å². The number of halogens is 1. The predicted molar refractivity (Wildman–Crippen MR) is 148 cm³/mol. The molecule has 11 heteroatoms. The minimum absolute atomic E-state index is 0.0449. The molecule has 1 amide bonds. The molecule has 1 aromatic rings. The minimum Gasteiger partial charge on any atom is -0.444 e. The van der Waals surface area contributed by atoms with Gasteiger partial charge in [0.05, 0.1) is 24.5 Å². The summed E-state index contributed by atoms with van der Waals surface area (Å²) in [5.74, 6) is -1.82. The Morgan fingerprint density at radius 2 is 1.75 bits per heavy atom. The van der Waals surface area contributed by atoms with Gasteiger partial charge in [-0.2, -0.15) is 0 Å². The molecule has 2 aliphatic heterocycles. The molecule has 0 bridgehead atoms. The Hall–Kier alpha value is -2.30. The third kappa shape index (κ3) is 5.46. The first kappa shape index (κ1) is 29.2. The van der Waals surface area contributed by atoms with Crippen molar-refractivity contribution in [3.05, 3.63) is 17.0 Å². The number of ether oxygens (including phenoxy) is 3. The smallest absolute Gasteiger partial charge is 0.410 e. The van der Waals surface area contributed by atoms with Crippen LogP contribution in [0.5, 0.6) is 0 Å². The Bertz CT molecular complexity index is 1150. The van der Waals surface area contributed by atoms with Crippen LogP contribution in [0.25, 0.3) is 0 Å². The maximum absolute atomic E-state index is 14.1. The van der Waals surface area contributed by atoms with Crippen molar-refractivity contribution in [2.24, 2.45) is 11.3 Å². The normalized spacial score (nSPS) is 29.1. The van der Waals surface area contributed by atoms with Gasteiger partial charge < -0.3 is 24.0 Å². The first-order valence-corrected chi connectivity index (χ1v) is 15.0. The summed E-state index contributed by atoms with van der Waals surface area (Å²) in [6, 6.07) is 1.53. The molecule has 40 heavy (non-hydrogen) atoms. The van der Waals surface area contributed by atoms with Crippen LogP contribution in [0.15, 0.2) is 6.07 Å². The maximum atomic E-state index is 14.1. The number of carbonyl (C=O) groups is 3. The number of hydrogen-bond acceptors (Lipinski definition) is 9. The molecule has 1 unspecified atom stereocenters. The van der Waals surface area contributed by atoms with Gasteiger partial charge in [-0.3, -0.25) is 9.59 Å². The van der Waals surface area contributed by atoms with Crippen molar-refractivity contribution in [1.29, 1.82) is 0 Å². The molecule has 0 aromatic carbocycles. The topological polar surface area (TPSA) is 111 Å². The Labute approximate surface area is 241 Å². The number of rotatable bonds is 3. The molecule has 2 saturated heterocycles. The number of carbonyl (C=O) groups excluding carboxylic acids is 3. The second-order valence-electron chi connectivity index (χ2n) is 12.6. The van der Waals surface area contributed by atoms with Gasteiger partial charge in [0, 0.05) is 38.2 Å². The zero-order valence-electron chi connectivity index (χ0n) is 24.0. The van der Waals surface area contributed by atoms with Crippen molar-refractivity contribution >= 4 is 35.1 Å². The first-order valence-electron chi connectivity index (χ1n) is 14.6. The summed E-state index contributed by atoms with van der Waals surface area (Å²) in [6.45, 7) is 10.1. The minimum atomic E-state index is -0.927. The van der Waals surface area contributed by atoms with E-state index in [4.69, 9.17) is 25.8 Å². The summed E-state index contributed by atoms with van der Waals surface area (Å²) in [4.78, 5) is 53.4. The van der Waals surface area contributed by atoms with Crippen LogP contribution in [0.2, 0.25) is 5.15 Å². The van der Waals surface area contributed by atoms with Crippen LogP contribution in [0, 0.1) is 11.3 Å². The molecule has 0 radical (unpaired) electrons. The van der Waals surface area contributed by atoms with Crippen molar-refractivity contribution in [2.75, 3.05) is 37.7 Å². The van der Waals surface area contributed by atoms with Gasteiger partial charge in [-0.1, -0.05) is 24.4 Å². The van der Waals surface area contributed by atoms with Crippen molar-refractivity contribution in [3.63, 3.8) is 0 Å². The molecule has 2 aliphatic carbocycles. The van der Waals surface area contributed by atoms with E-state index in [2.05, 4.69) is 9.97 Å². The molecule has 1 aromatic heterocycles. The van der Waals surface area contributed by atoms with Gasteiger partial charge in [0.25, 0.3) is 0 Å². The highest BCUT2D eigenvalue weighted by Gasteiger charge is 2.63. The van der Waals surface area contributed by atoms with E-state index in [0.717, 1.165) is 19.3 Å². The summed E-state index contributed by atoms with van der Waals surface area (Å²) in [5.41, 5.74) is -1.39. The summed E-state index contributed by atoms with van der Waals surface area (Å²) in [7, 11) is 0. The fraction of sp³-hybridized carbons (Fsp3) is 0.759. The summed E-state index contributed by atoms with van der Waals surface area (Å²) in [6.07, 6.45) is 5.37. The van der Waals surface area contributed by atoms with Crippen LogP contribution >= 0.6 is 11.6 Å². The Morgan fingerprint density at radius 1 is 1.05 bits per heavy atom. The predicted octanol–water partition coefficient (Wildman–Crippen LogP) is 4.82. The molecular weight excluding hydrogens is 536 g/mol. The van der Waals surface area contributed by atoms with E-state index in [0.29, 0.717) is 70.8 Å². The fourth-order valence-electron chi connectivity index (χ4n) is 6.97. The lowest BCUT2D eigenvalue weighted by molar-refractivity contribution is -0.255. The average molecular weight is 577 g/mol. The Balaban J connectivity index is 1.37. The van der Waals surface area contributed by atoms with Gasteiger partial charge >= 0.3 is 6.09 Å². The quantitative estimate of drug-likeness (QED) is 0.284. The van der Waals surface area contributed by atoms with Crippen molar-refractivity contribution in [3.8, 4) is 0 Å². The van der Waals surface area contributed by atoms with E-state index in [9.17, 15) is 14.4 Å². The number of ketones is 2. The van der Waals surface area contributed by atoms with E-state index in [1.165, 1.54) is 0 Å². The van der Waals surface area contributed by atoms with Gasteiger partial charge in [-0.05, 0) is 59.8 Å². The lowest BCUT2D eigenvalue weighted by Crippen LogP contribution is -2.60. The highest BCUT2D eigenvalue weighted by atomic mass is 35.5. The van der Waals surface area contributed by atoms with E-state index in [1.54, 1.807) is 11.0 Å². The van der Waals surface area contributed by atoms with Gasteiger partial charge in [0.15, 0.2) is 17.4 Å². The molecule has 4 fully saturated rings. The van der Waals surface area contributed by atoms with Crippen LogP contribution < -0.4 is 4.90 Å². The molecule has 3 atom stereocenters. The van der Waals surface area contributed by atoms with E-state index in [1.807, 2.05) is 32.6 Å². The van der Waals surface area contributed by atoms with Gasteiger partial charge in [0.2, 0.25) is 5.78 Å². The molecule has 2 spiro atoms. The van der Waals surface area contributed by atoms with E-state index >= 15 is 0 Å². The average Bonchev–Trinajstić information content (AvgIpc) is 3.27. The zero-order valence-corrected chi connectivity index (χ0v) is 24.8. The van der Waals surface area contributed by atoms with Crippen molar-refractivity contribution < 1.29 is 28.6 Å². The fourth-order valence-corrected chi connectivity index (χ4v) is 7.15. The standard InChI is InChI=1S/C29H41ClN4O6/c1-19-18-33(26(37)40-27(2,3)4)13-8-14-34(19)22-17-21(30)31-25(32-22)23(35)20-9-7-11-28(24(20)36)10-5-6-12-29(28)38-15-16-39-29/h17,19-20H,5-16,18H2,1-4H3/t19-,20?,28-/m0/s1. The monoisotopic (exact) mass is 576 g/mol. The van der Waals surface area contributed by atoms with Gasteiger partial charge in [-0.25, -0.2) is 14.8 Å². The highest BCUT2D eigenvalue weighted by Crippen LogP contribution is 2.56. The molecular formula is C29H41ClN4O6. The number of nitrogens with zero attached hydrogens (tertiary/aromatic N) is 4. The summed E-state index contributed by atoms with van der Waals surface area (Å²) >= 11 is 6.43. The largest absolute Gasteiger partial charge is 0.444 e. The zero-order chi connectivity index (χ0) is 28.7. The Morgan fingerprint density at radius 3 is 2.48 bits per heavy atom. The van der Waals surface area contributed by atoms with Crippen molar-refractivity contribution in [2.45, 2.75) is 96.5 Å².